The summed E-state index contributed by atoms with van der Waals surface area (Å²) in [6, 6.07) is 15.0. The molecule has 1 heterocycles. The Kier molecular flexibility index (Phi) is 5.99. The Bertz CT molecular complexity index is 962. The molecule has 0 atom stereocenters. The number of anilines is 1. The van der Waals surface area contributed by atoms with Crippen molar-refractivity contribution in [3.8, 4) is 22.8 Å². The molecule has 0 saturated heterocycles. The van der Waals surface area contributed by atoms with Crippen molar-refractivity contribution in [1.82, 2.24) is 9.78 Å². The second kappa shape index (κ2) is 8.61. The van der Waals surface area contributed by atoms with Gasteiger partial charge in [0.25, 0.3) is 5.91 Å². The van der Waals surface area contributed by atoms with Crippen LogP contribution in [0, 0.1) is 6.92 Å². The Hall–Kier alpha value is -3.28. The van der Waals surface area contributed by atoms with E-state index in [2.05, 4.69) is 17.3 Å². The van der Waals surface area contributed by atoms with Crippen LogP contribution in [0.1, 0.15) is 29.4 Å². The summed E-state index contributed by atoms with van der Waals surface area (Å²) in [7, 11) is 3.21. The molecule has 3 rings (SSSR count). The summed E-state index contributed by atoms with van der Waals surface area (Å²) in [6.07, 6.45) is 0.867. The van der Waals surface area contributed by atoms with Gasteiger partial charge in [-0.1, -0.05) is 24.6 Å². The number of carbonyl (C=O) groups is 1. The third-order valence-electron chi connectivity index (χ3n) is 4.44. The van der Waals surface area contributed by atoms with Crippen molar-refractivity contribution in [1.29, 1.82) is 0 Å². The van der Waals surface area contributed by atoms with E-state index < -0.39 is 0 Å². The number of aromatic nitrogens is 2. The van der Waals surface area contributed by atoms with E-state index in [0.29, 0.717) is 29.4 Å². The molecular weight excluding hydrogens is 354 g/mol. The Morgan fingerprint density at radius 2 is 1.82 bits per heavy atom. The molecule has 0 spiro atoms. The van der Waals surface area contributed by atoms with Gasteiger partial charge in [0, 0.05) is 23.9 Å². The maximum absolute atomic E-state index is 12.9. The number of nitrogens with zero attached hydrogens (tertiary/aromatic N) is 2. The molecule has 0 unspecified atom stereocenters. The van der Waals surface area contributed by atoms with Crippen LogP contribution in [-0.4, -0.2) is 29.9 Å². The molecule has 0 fully saturated rings. The van der Waals surface area contributed by atoms with E-state index in [1.807, 2.05) is 43.3 Å². The SMILES string of the molecule is CCCn1nc(-c2ccc(OC)cc2OC)cc1C(=O)Nc1ccc(C)cc1. The van der Waals surface area contributed by atoms with Crippen LogP contribution in [0.25, 0.3) is 11.3 Å². The van der Waals surface area contributed by atoms with Gasteiger partial charge in [0.2, 0.25) is 0 Å². The highest BCUT2D eigenvalue weighted by Gasteiger charge is 2.18. The quantitative estimate of drug-likeness (QED) is 0.655. The van der Waals surface area contributed by atoms with Gasteiger partial charge in [0.1, 0.15) is 17.2 Å². The lowest BCUT2D eigenvalue weighted by atomic mass is 10.1. The van der Waals surface area contributed by atoms with Crippen molar-refractivity contribution < 1.29 is 14.3 Å². The van der Waals surface area contributed by atoms with Crippen molar-refractivity contribution in [2.45, 2.75) is 26.8 Å². The minimum Gasteiger partial charge on any atom is -0.497 e. The predicted molar refractivity (Wildman–Crippen MR) is 110 cm³/mol. The maximum Gasteiger partial charge on any atom is 0.273 e. The first-order valence-corrected chi connectivity index (χ1v) is 9.24. The average Bonchev–Trinajstić information content (AvgIpc) is 3.13. The standard InChI is InChI=1S/C22H25N3O3/c1-5-12-25-20(22(26)23-16-8-6-15(2)7-9-16)14-19(24-25)18-11-10-17(27-3)13-21(18)28-4/h6-11,13-14H,5,12H2,1-4H3,(H,23,26). The summed E-state index contributed by atoms with van der Waals surface area (Å²) in [6.45, 7) is 4.71. The average molecular weight is 379 g/mol. The van der Waals surface area contributed by atoms with Crippen LogP contribution >= 0.6 is 0 Å². The Morgan fingerprint density at radius 3 is 2.46 bits per heavy atom. The second-order valence-corrected chi connectivity index (χ2v) is 6.52. The molecule has 0 aliphatic heterocycles. The van der Waals surface area contributed by atoms with Crippen molar-refractivity contribution >= 4 is 11.6 Å². The topological polar surface area (TPSA) is 65.4 Å². The molecule has 0 saturated carbocycles. The molecule has 146 valence electrons. The molecule has 1 aromatic heterocycles. The molecule has 1 amide bonds. The largest absolute Gasteiger partial charge is 0.497 e. The molecule has 2 aromatic carbocycles. The van der Waals surface area contributed by atoms with Crippen LogP contribution < -0.4 is 14.8 Å². The highest BCUT2D eigenvalue weighted by Crippen LogP contribution is 2.33. The van der Waals surface area contributed by atoms with Crippen LogP contribution in [-0.2, 0) is 6.54 Å². The van der Waals surface area contributed by atoms with Crippen molar-refractivity contribution in [3.63, 3.8) is 0 Å². The molecule has 6 nitrogen and oxygen atoms in total. The minimum absolute atomic E-state index is 0.191. The second-order valence-electron chi connectivity index (χ2n) is 6.52. The fraction of sp³-hybridized carbons (Fsp3) is 0.273. The van der Waals surface area contributed by atoms with Gasteiger partial charge in [0.05, 0.1) is 19.9 Å². The third-order valence-corrected chi connectivity index (χ3v) is 4.44. The summed E-state index contributed by atoms with van der Waals surface area (Å²) in [5, 5.41) is 7.59. The van der Waals surface area contributed by atoms with Crippen LogP contribution in [0.2, 0.25) is 0 Å². The summed E-state index contributed by atoms with van der Waals surface area (Å²) in [5.74, 6) is 1.15. The first-order valence-electron chi connectivity index (χ1n) is 9.24. The number of methoxy groups -OCH3 is 2. The summed E-state index contributed by atoms with van der Waals surface area (Å²) < 4.78 is 12.5. The van der Waals surface area contributed by atoms with Crippen LogP contribution in [0.15, 0.2) is 48.5 Å². The number of aryl methyl sites for hydroxylation is 2. The van der Waals surface area contributed by atoms with Gasteiger partial charge < -0.3 is 14.8 Å². The van der Waals surface area contributed by atoms with Gasteiger partial charge in [-0.15, -0.1) is 0 Å². The number of nitrogens with one attached hydrogen (secondary N) is 1. The highest BCUT2D eigenvalue weighted by atomic mass is 16.5. The van der Waals surface area contributed by atoms with E-state index in [-0.39, 0.29) is 5.91 Å². The van der Waals surface area contributed by atoms with E-state index in [1.54, 1.807) is 31.0 Å². The number of benzene rings is 2. The van der Waals surface area contributed by atoms with Crippen molar-refractivity contribution in [2.24, 2.45) is 0 Å². The van der Waals surface area contributed by atoms with E-state index in [9.17, 15) is 4.79 Å². The highest BCUT2D eigenvalue weighted by molar-refractivity contribution is 6.03. The lowest BCUT2D eigenvalue weighted by molar-refractivity contribution is 0.101. The molecule has 6 heteroatoms. The molecular formula is C22H25N3O3. The molecule has 0 radical (unpaired) electrons. The number of hydrogen-bond acceptors (Lipinski definition) is 4. The lowest BCUT2D eigenvalue weighted by Crippen LogP contribution is -2.17. The fourth-order valence-electron chi connectivity index (χ4n) is 2.96. The van der Waals surface area contributed by atoms with Gasteiger partial charge in [-0.3, -0.25) is 9.48 Å². The molecule has 28 heavy (non-hydrogen) atoms. The Morgan fingerprint density at radius 1 is 1.07 bits per heavy atom. The summed E-state index contributed by atoms with van der Waals surface area (Å²) >= 11 is 0. The fourth-order valence-corrected chi connectivity index (χ4v) is 2.96. The third kappa shape index (κ3) is 4.17. The van der Waals surface area contributed by atoms with E-state index in [4.69, 9.17) is 9.47 Å². The van der Waals surface area contributed by atoms with Crippen molar-refractivity contribution in [2.75, 3.05) is 19.5 Å². The van der Waals surface area contributed by atoms with E-state index in [0.717, 1.165) is 23.2 Å². The molecule has 3 aromatic rings. The minimum atomic E-state index is -0.191. The first kappa shape index (κ1) is 19.5. The molecule has 0 aliphatic rings. The smallest absolute Gasteiger partial charge is 0.273 e. The van der Waals surface area contributed by atoms with Gasteiger partial charge in [0.15, 0.2) is 0 Å². The van der Waals surface area contributed by atoms with Crippen LogP contribution in [0.4, 0.5) is 5.69 Å². The van der Waals surface area contributed by atoms with Crippen LogP contribution in [0.3, 0.4) is 0 Å². The monoisotopic (exact) mass is 379 g/mol. The predicted octanol–water partition coefficient (Wildman–Crippen LogP) is 4.54. The number of amides is 1. The lowest BCUT2D eigenvalue weighted by Gasteiger charge is -2.08. The maximum atomic E-state index is 12.9. The van der Waals surface area contributed by atoms with E-state index in [1.165, 1.54) is 0 Å². The number of hydrogen-bond donors (Lipinski definition) is 1. The summed E-state index contributed by atoms with van der Waals surface area (Å²) in [4.78, 5) is 12.9. The molecule has 1 N–H and O–H groups in total. The molecule has 0 aliphatic carbocycles. The summed E-state index contributed by atoms with van der Waals surface area (Å²) in [5.41, 5.74) is 3.89. The van der Waals surface area contributed by atoms with Crippen molar-refractivity contribution in [3.05, 3.63) is 59.8 Å². The number of ether oxygens (including phenoxy) is 2. The first-order chi connectivity index (χ1) is 13.5. The van der Waals surface area contributed by atoms with Gasteiger partial charge >= 0.3 is 0 Å². The number of carbonyl (C=O) groups excluding carboxylic acids is 1. The number of rotatable bonds is 7. The Balaban J connectivity index is 1.95. The van der Waals surface area contributed by atoms with Crippen LogP contribution in [0.5, 0.6) is 11.5 Å². The van der Waals surface area contributed by atoms with Gasteiger partial charge in [-0.25, -0.2) is 0 Å². The van der Waals surface area contributed by atoms with E-state index >= 15 is 0 Å². The van der Waals surface area contributed by atoms with Gasteiger partial charge in [-0.05, 0) is 43.7 Å². The molecule has 0 bridgehead atoms. The zero-order chi connectivity index (χ0) is 20.1. The Labute approximate surface area is 165 Å². The van der Waals surface area contributed by atoms with Gasteiger partial charge in [-0.2, -0.15) is 5.10 Å². The normalized spacial score (nSPS) is 10.6. The zero-order valence-electron chi connectivity index (χ0n) is 16.7. The zero-order valence-corrected chi connectivity index (χ0v) is 16.7.